The zero-order chi connectivity index (χ0) is 20.3. The number of halogens is 1. The van der Waals surface area contributed by atoms with E-state index in [-0.39, 0.29) is 22.4 Å². The second-order valence-electron chi connectivity index (χ2n) is 7.81. The van der Waals surface area contributed by atoms with E-state index < -0.39 is 10.1 Å². The van der Waals surface area contributed by atoms with Crippen molar-refractivity contribution in [2.45, 2.75) is 18.7 Å². The maximum absolute atomic E-state index is 13.2. The van der Waals surface area contributed by atoms with Crippen LogP contribution < -0.4 is 0 Å². The van der Waals surface area contributed by atoms with Gasteiger partial charge in [0.15, 0.2) is 0 Å². The van der Waals surface area contributed by atoms with E-state index in [1.54, 1.807) is 6.07 Å². The van der Waals surface area contributed by atoms with Crippen LogP contribution in [0, 0.1) is 5.92 Å². The van der Waals surface area contributed by atoms with E-state index in [1.165, 1.54) is 0 Å². The molecule has 0 unspecified atom stereocenters. The van der Waals surface area contributed by atoms with Gasteiger partial charge in [0.25, 0.3) is 10.1 Å². The van der Waals surface area contributed by atoms with Crippen LogP contribution in [0.3, 0.4) is 0 Å². The van der Waals surface area contributed by atoms with E-state index in [0.717, 1.165) is 37.7 Å². The third-order valence-corrected chi connectivity index (χ3v) is 7.12. The largest absolute Gasteiger partial charge is 0.299 e. The lowest BCUT2D eigenvalue weighted by atomic mass is 9.90. The van der Waals surface area contributed by atoms with Gasteiger partial charge in [-0.15, -0.1) is 0 Å². The van der Waals surface area contributed by atoms with E-state index in [0.29, 0.717) is 5.39 Å². The summed E-state index contributed by atoms with van der Waals surface area (Å²) in [4.78, 5) is 0.0572. The molecule has 0 saturated heterocycles. The summed E-state index contributed by atoms with van der Waals surface area (Å²) < 4.78 is 31.9. The summed E-state index contributed by atoms with van der Waals surface area (Å²) in [5, 5.41) is 7.72. The zero-order valence-electron chi connectivity index (χ0n) is 16.1. The summed E-state index contributed by atoms with van der Waals surface area (Å²) in [5.41, 5.74) is 0. The second kappa shape index (κ2) is 6.56. The number of benzene rings is 5. The summed E-state index contributed by atoms with van der Waals surface area (Å²) >= 11 is 6.57. The highest BCUT2D eigenvalue weighted by Crippen LogP contribution is 2.45. The minimum atomic E-state index is -4.03. The molecule has 146 valence electrons. The Bertz CT molecular complexity index is 1500. The lowest BCUT2D eigenvalue weighted by molar-refractivity contribution is 0.275. The molecule has 0 bridgehead atoms. The summed E-state index contributed by atoms with van der Waals surface area (Å²) in [7, 11) is -4.03. The Morgan fingerprint density at radius 1 is 0.828 bits per heavy atom. The van der Waals surface area contributed by atoms with E-state index in [4.69, 9.17) is 15.8 Å². The molecule has 0 spiro atoms. The van der Waals surface area contributed by atoms with Gasteiger partial charge < -0.3 is 0 Å². The van der Waals surface area contributed by atoms with Gasteiger partial charge in [0.05, 0.1) is 11.6 Å². The Kier molecular flexibility index (Phi) is 4.21. The Balaban J connectivity index is 2.05. The molecule has 0 saturated carbocycles. The minimum absolute atomic E-state index is 0.0572. The number of hydrogen-bond acceptors (Lipinski definition) is 3. The fourth-order valence-corrected chi connectivity index (χ4v) is 6.01. The summed E-state index contributed by atoms with van der Waals surface area (Å²) in [6.07, 6.45) is 0. The summed E-state index contributed by atoms with van der Waals surface area (Å²) in [6, 6.07) is 19.8. The van der Waals surface area contributed by atoms with E-state index in [2.05, 4.69) is 6.07 Å². The lowest BCUT2D eigenvalue weighted by Gasteiger charge is -2.18. The Hall–Kier alpha value is -2.40. The SMILES string of the molecule is CC(C)COS(=O)(=O)c1c(Cl)cc2cccc3c4cccc5cccc(c1c23)c54. The monoisotopic (exact) mass is 422 g/mol. The average Bonchev–Trinajstić information content (AvgIpc) is 2.69. The van der Waals surface area contributed by atoms with Gasteiger partial charge in [-0.25, -0.2) is 0 Å². The van der Waals surface area contributed by atoms with Crippen LogP contribution in [0.25, 0.3) is 43.1 Å². The Morgan fingerprint density at radius 2 is 1.41 bits per heavy atom. The van der Waals surface area contributed by atoms with Gasteiger partial charge in [0.1, 0.15) is 4.90 Å². The van der Waals surface area contributed by atoms with Gasteiger partial charge in [0.2, 0.25) is 0 Å². The predicted molar refractivity (Wildman–Crippen MR) is 121 cm³/mol. The van der Waals surface area contributed by atoms with Crippen LogP contribution in [0.5, 0.6) is 0 Å². The molecule has 0 fully saturated rings. The number of fused-ring (bicyclic) bond motifs is 2. The summed E-state index contributed by atoms with van der Waals surface area (Å²) in [6.45, 7) is 3.94. The van der Waals surface area contributed by atoms with E-state index >= 15 is 0 Å². The first kappa shape index (κ1) is 18.6. The van der Waals surface area contributed by atoms with Gasteiger partial charge in [-0.05, 0) is 49.7 Å². The lowest BCUT2D eigenvalue weighted by Crippen LogP contribution is -2.12. The molecule has 29 heavy (non-hydrogen) atoms. The van der Waals surface area contributed by atoms with Crippen molar-refractivity contribution < 1.29 is 12.6 Å². The van der Waals surface area contributed by atoms with E-state index in [9.17, 15) is 8.42 Å². The van der Waals surface area contributed by atoms with Crippen LogP contribution in [0.2, 0.25) is 5.02 Å². The van der Waals surface area contributed by atoms with Gasteiger partial charge in [-0.1, -0.05) is 80.0 Å². The molecule has 0 aromatic heterocycles. The van der Waals surface area contributed by atoms with Crippen molar-refractivity contribution in [2.75, 3.05) is 6.61 Å². The minimum Gasteiger partial charge on any atom is -0.266 e. The highest BCUT2D eigenvalue weighted by Gasteiger charge is 2.27. The molecule has 0 aliphatic carbocycles. The molecule has 5 rings (SSSR count). The van der Waals surface area contributed by atoms with E-state index in [1.807, 2.05) is 62.4 Å². The molecule has 0 aliphatic heterocycles. The van der Waals surface area contributed by atoms with Gasteiger partial charge >= 0.3 is 0 Å². The van der Waals surface area contributed by atoms with Gasteiger partial charge in [-0.3, -0.25) is 4.18 Å². The van der Waals surface area contributed by atoms with Crippen LogP contribution in [0.1, 0.15) is 13.8 Å². The predicted octanol–water partition coefficient (Wildman–Crippen LogP) is 6.75. The van der Waals surface area contributed by atoms with Crippen LogP contribution in [-0.4, -0.2) is 15.0 Å². The van der Waals surface area contributed by atoms with Crippen molar-refractivity contribution in [1.29, 1.82) is 0 Å². The molecule has 0 amide bonds. The van der Waals surface area contributed by atoms with Crippen molar-refractivity contribution in [3.8, 4) is 0 Å². The maximum atomic E-state index is 13.2. The molecule has 0 atom stereocenters. The van der Waals surface area contributed by atoms with Crippen LogP contribution in [0.15, 0.2) is 65.6 Å². The first-order valence-electron chi connectivity index (χ1n) is 9.55. The van der Waals surface area contributed by atoms with Crippen LogP contribution >= 0.6 is 11.6 Å². The first-order chi connectivity index (χ1) is 13.9. The fourth-order valence-electron chi connectivity index (χ4n) is 4.19. The second-order valence-corrected chi connectivity index (χ2v) is 9.77. The van der Waals surface area contributed by atoms with Gasteiger partial charge in [-0.2, -0.15) is 8.42 Å². The molecular formula is C24H19ClO3S. The molecule has 0 aliphatic rings. The standard InChI is InChI=1S/C24H19ClO3S/c1-14(2)13-28-29(26,27)24-20(25)12-16-8-5-10-18-17-9-3-6-15-7-4-11-19(21(15)17)23(24)22(16)18/h3-12,14H,13H2,1-2H3. The average molecular weight is 423 g/mol. The first-order valence-corrected chi connectivity index (χ1v) is 11.3. The van der Waals surface area contributed by atoms with Gasteiger partial charge in [0, 0.05) is 5.39 Å². The molecule has 5 aromatic carbocycles. The third kappa shape index (κ3) is 2.78. The molecular weight excluding hydrogens is 404 g/mol. The highest BCUT2D eigenvalue weighted by molar-refractivity contribution is 7.87. The van der Waals surface area contributed by atoms with Crippen molar-refractivity contribution in [3.05, 3.63) is 65.7 Å². The topological polar surface area (TPSA) is 43.4 Å². The molecule has 0 heterocycles. The fraction of sp³-hybridized carbons (Fsp3) is 0.167. The Morgan fingerprint density at radius 3 is 2.07 bits per heavy atom. The van der Waals surface area contributed by atoms with Crippen molar-refractivity contribution in [2.24, 2.45) is 5.92 Å². The Labute approximate surface area is 174 Å². The van der Waals surface area contributed by atoms with Crippen LogP contribution in [0.4, 0.5) is 0 Å². The third-order valence-electron chi connectivity index (χ3n) is 5.34. The number of rotatable bonds is 4. The van der Waals surface area contributed by atoms with Crippen molar-refractivity contribution in [1.82, 2.24) is 0 Å². The smallest absolute Gasteiger partial charge is 0.266 e. The molecule has 5 heteroatoms. The van der Waals surface area contributed by atoms with Crippen LogP contribution in [-0.2, 0) is 14.3 Å². The van der Waals surface area contributed by atoms with Crippen molar-refractivity contribution in [3.63, 3.8) is 0 Å². The normalized spacial score (nSPS) is 12.8. The molecule has 0 N–H and O–H groups in total. The highest BCUT2D eigenvalue weighted by atomic mass is 35.5. The van der Waals surface area contributed by atoms with Crippen molar-refractivity contribution >= 4 is 64.8 Å². The maximum Gasteiger partial charge on any atom is 0.299 e. The summed E-state index contributed by atoms with van der Waals surface area (Å²) in [5.74, 6) is 0.0834. The quantitative estimate of drug-likeness (QED) is 0.183. The molecule has 0 radical (unpaired) electrons. The zero-order valence-corrected chi connectivity index (χ0v) is 17.6. The molecule has 3 nitrogen and oxygen atoms in total. The molecule has 5 aromatic rings. The number of hydrogen-bond donors (Lipinski definition) is 0.